The van der Waals surface area contributed by atoms with Crippen LogP contribution in [0.4, 0.5) is 18.9 Å². The van der Waals surface area contributed by atoms with E-state index in [9.17, 15) is 22.8 Å². The number of hydrogen-bond donors (Lipinski definition) is 2. The highest BCUT2D eigenvalue weighted by Gasteiger charge is 2.30. The number of fused-ring (bicyclic) bond motifs is 1. The third kappa shape index (κ3) is 6.32. The number of ether oxygens (including phenoxy) is 1. The van der Waals surface area contributed by atoms with Gasteiger partial charge in [0.2, 0.25) is 11.8 Å². The molecule has 0 aliphatic carbocycles. The molecule has 0 unspecified atom stereocenters. The van der Waals surface area contributed by atoms with Gasteiger partial charge < -0.3 is 15.4 Å². The lowest BCUT2D eigenvalue weighted by Crippen LogP contribution is -2.33. The summed E-state index contributed by atoms with van der Waals surface area (Å²) in [5.41, 5.74) is 3.21. The van der Waals surface area contributed by atoms with E-state index in [0.29, 0.717) is 5.01 Å². The molecule has 1 heterocycles. The summed E-state index contributed by atoms with van der Waals surface area (Å²) in [6.07, 6.45) is -4.76. The number of aromatic nitrogens is 1. The van der Waals surface area contributed by atoms with E-state index in [4.69, 9.17) is 0 Å². The molecular weight excluding hydrogens is 467 g/mol. The van der Waals surface area contributed by atoms with E-state index in [2.05, 4.69) is 20.4 Å². The minimum atomic E-state index is -4.79. The highest BCUT2D eigenvalue weighted by molar-refractivity contribution is 7.18. The summed E-state index contributed by atoms with van der Waals surface area (Å²) < 4.78 is 41.3. The van der Waals surface area contributed by atoms with E-state index in [-0.39, 0.29) is 24.6 Å². The number of anilines is 1. The lowest BCUT2D eigenvalue weighted by molar-refractivity contribution is -0.274. The van der Waals surface area contributed by atoms with Crippen molar-refractivity contribution in [3.63, 3.8) is 0 Å². The zero-order valence-corrected chi connectivity index (χ0v) is 18.4. The Bertz CT molecular complexity index is 1310. The number of carbonyl (C=O) groups excluding carboxylic acids is 2. The fourth-order valence-electron chi connectivity index (χ4n) is 3.18. The van der Waals surface area contributed by atoms with E-state index in [1.807, 2.05) is 48.5 Å². The molecule has 1 aromatic heterocycles. The Morgan fingerprint density at radius 3 is 2.35 bits per heavy atom. The Morgan fingerprint density at radius 2 is 1.65 bits per heavy atom. The van der Waals surface area contributed by atoms with Crippen molar-refractivity contribution in [3.05, 3.63) is 77.8 Å². The summed E-state index contributed by atoms with van der Waals surface area (Å²) in [4.78, 5) is 28.8. The molecule has 0 saturated heterocycles. The second-order valence-corrected chi connectivity index (χ2v) is 8.35. The van der Waals surface area contributed by atoms with Gasteiger partial charge in [-0.1, -0.05) is 36.4 Å². The molecule has 0 atom stereocenters. The molecule has 0 aliphatic heterocycles. The molecule has 10 heteroatoms. The minimum absolute atomic E-state index is 0.0246. The van der Waals surface area contributed by atoms with Crippen LogP contribution >= 0.6 is 11.3 Å². The van der Waals surface area contributed by atoms with Crippen molar-refractivity contribution < 1.29 is 27.5 Å². The number of nitrogens with one attached hydrogen (secondary N) is 2. The van der Waals surface area contributed by atoms with Crippen LogP contribution < -0.4 is 15.4 Å². The Labute approximate surface area is 196 Å². The maximum Gasteiger partial charge on any atom is 0.573 e. The average Bonchev–Trinajstić information content (AvgIpc) is 3.20. The van der Waals surface area contributed by atoms with Gasteiger partial charge in [-0.25, -0.2) is 4.98 Å². The predicted octanol–water partition coefficient (Wildman–Crippen LogP) is 5.16. The normalized spacial score (nSPS) is 11.3. The highest BCUT2D eigenvalue weighted by atomic mass is 32.1. The molecule has 34 heavy (non-hydrogen) atoms. The molecule has 3 aromatic carbocycles. The fraction of sp³-hybridized carbons (Fsp3) is 0.125. The van der Waals surface area contributed by atoms with E-state index in [0.717, 1.165) is 33.5 Å². The van der Waals surface area contributed by atoms with Gasteiger partial charge >= 0.3 is 6.36 Å². The van der Waals surface area contributed by atoms with Crippen molar-refractivity contribution in [2.24, 2.45) is 0 Å². The molecule has 174 valence electrons. The van der Waals surface area contributed by atoms with Crippen molar-refractivity contribution >= 4 is 39.1 Å². The van der Waals surface area contributed by atoms with Gasteiger partial charge in [0.05, 0.1) is 23.2 Å². The minimum Gasteiger partial charge on any atom is -0.406 e. The maximum absolute atomic E-state index is 12.3. The van der Waals surface area contributed by atoms with E-state index < -0.39 is 18.0 Å². The fourth-order valence-corrected chi connectivity index (χ4v) is 4.19. The number of carbonyl (C=O) groups is 2. The smallest absolute Gasteiger partial charge is 0.406 e. The third-order valence-corrected chi connectivity index (χ3v) is 5.69. The summed E-state index contributed by atoms with van der Waals surface area (Å²) in [6.45, 7) is -0.289. The van der Waals surface area contributed by atoms with Crippen LogP contribution in [-0.2, 0) is 16.0 Å². The number of benzene rings is 3. The van der Waals surface area contributed by atoms with E-state index >= 15 is 0 Å². The molecule has 0 bridgehead atoms. The Kier molecular flexibility index (Phi) is 6.78. The summed E-state index contributed by atoms with van der Waals surface area (Å²) in [6, 6.07) is 20.6. The second kappa shape index (κ2) is 9.92. The molecule has 0 aliphatic rings. The summed E-state index contributed by atoms with van der Waals surface area (Å²) >= 11 is 1.41. The van der Waals surface area contributed by atoms with Crippen molar-refractivity contribution in [1.29, 1.82) is 0 Å². The summed E-state index contributed by atoms with van der Waals surface area (Å²) in [5.74, 6) is -1.29. The lowest BCUT2D eigenvalue weighted by atomic mass is 10.1. The number of hydrogen-bond acceptors (Lipinski definition) is 5. The summed E-state index contributed by atoms with van der Waals surface area (Å²) in [7, 11) is 0. The molecule has 2 N–H and O–H groups in total. The standard InChI is InChI=1S/C24H18F3N3O3S/c25-24(26,27)33-18-9-7-17(8-10-18)29-22(32)14-28-21(31)13-23-30-19-11-6-16(12-20(19)34-23)15-4-2-1-3-5-15/h1-12H,13-14H2,(H,28,31)(H,29,32). The number of rotatable bonds is 7. The average molecular weight is 485 g/mol. The van der Waals surface area contributed by atoms with Crippen LogP contribution in [0.3, 0.4) is 0 Å². The van der Waals surface area contributed by atoms with E-state index in [1.165, 1.54) is 23.5 Å². The number of thiazole rings is 1. The van der Waals surface area contributed by atoms with Crippen LogP contribution in [0.2, 0.25) is 0 Å². The van der Waals surface area contributed by atoms with Gasteiger partial charge in [0.1, 0.15) is 10.8 Å². The van der Waals surface area contributed by atoms with Gasteiger partial charge in [0.15, 0.2) is 0 Å². The molecule has 0 radical (unpaired) electrons. The van der Waals surface area contributed by atoms with Crippen LogP contribution in [-0.4, -0.2) is 29.7 Å². The monoisotopic (exact) mass is 485 g/mol. The van der Waals surface area contributed by atoms with Crippen molar-refractivity contribution in [2.45, 2.75) is 12.8 Å². The molecule has 0 saturated carbocycles. The van der Waals surface area contributed by atoms with Crippen molar-refractivity contribution in [1.82, 2.24) is 10.3 Å². The van der Waals surface area contributed by atoms with Gasteiger partial charge in [0.25, 0.3) is 0 Å². The molecule has 4 rings (SSSR count). The van der Waals surface area contributed by atoms with Gasteiger partial charge in [-0.3, -0.25) is 9.59 Å². The van der Waals surface area contributed by atoms with Crippen LogP contribution in [0, 0.1) is 0 Å². The van der Waals surface area contributed by atoms with Crippen LogP contribution in [0.15, 0.2) is 72.8 Å². The van der Waals surface area contributed by atoms with Crippen molar-refractivity contribution in [3.8, 4) is 16.9 Å². The quantitative estimate of drug-likeness (QED) is 0.379. The molecule has 0 spiro atoms. The molecule has 2 amide bonds. The van der Waals surface area contributed by atoms with Gasteiger partial charge in [0, 0.05) is 5.69 Å². The lowest BCUT2D eigenvalue weighted by Gasteiger charge is -2.10. The Morgan fingerprint density at radius 1 is 0.912 bits per heavy atom. The van der Waals surface area contributed by atoms with Gasteiger partial charge in [-0.05, 0) is 47.5 Å². The topological polar surface area (TPSA) is 80.3 Å². The molecular formula is C24H18F3N3O3S. The van der Waals surface area contributed by atoms with Gasteiger partial charge in [-0.2, -0.15) is 0 Å². The third-order valence-electron chi connectivity index (χ3n) is 4.67. The van der Waals surface area contributed by atoms with Crippen molar-refractivity contribution in [2.75, 3.05) is 11.9 Å². The van der Waals surface area contributed by atoms with E-state index in [1.54, 1.807) is 0 Å². The number of amides is 2. The number of alkyl halides is 3. The molecule has 6 nitrogen and oxygen atoms in total. The first-order chi connectivity index (χ1) is 16.2. The maximum atomic E-state index is 12.3. The zero-order valence-electron chi connectivity index (χ0n) is 17.6. The highest BCUT2D eigenvalue weighted by Crippen LogP contribution is 2.28. The number of halogens is 3. The molecule has 4 aromatic rings. The Hall–Kier alpha value is -3.92. The first kappa shape index (κ1) is 23.2. The van der Waals surface area contributed by atoms with Gasteiger partial charge in [-0.15, -0.1) is 24.5 Å². The van der Waals surface area contributed by atoms with Crippen LogP contribution in [0.5, 0.6) is 5.75 Å². The van der Waals surface area contributed by atoms with Crippen LogP contribution in [0.25, 0.3) is 21.3 Å². The second-order valence-electron chi connectivity index (χ2n) is 7.23. The largest absolute Gasteiger partial charge is 0.573 e. The first-order valence-corrected chi connectivity index (χ1v) is 10.9. The first-order valence-electron chi connectivity index (χ1n) is 10.1. The Balaban J connectivity index is 1.29. The summed E-state index contributed by atoms with van der Waals surface area (Å²) in [5, 5.41) is 5.63. The predicted molar refractivity (Wildman–Crippen MR) is 124 cm³/mol. The van der Waals surface area contributed by atoms with Crippen LogP contribution in [0.1, 0.15) is 5.01 Å². The number of nitrogens with zero attached hydrogens (tertiary/aromatic N) is 1. The SMILES string of the molecule is O=C(Cc1nc2ccc(-c3ccccc3)cc2s1)NCC(=O)Nc1ccc(OC(F)(F)F)cc1. The zero-order chi connectivity index (χ0) is 24.1. The molecule has 0 fully saturated rings.